The molecule has 13 nitrogen and oxygen atoms in total. The zero-order valence-electron chi connectivity index (χ0n) is 28.1. The summed E-state index contributed by atoms with van der Waals surface area (Å²) in [6, 6.07) is 8.25. The minimum absolute atomic E-state index is 0.105. The van der Waals surface area contributed by atoms with Crippen LogP contribution < -0.4 is 0 Å². The lowest BCUT2D eigenvalue weighted by molar-refractivity contribution is -0.157. The first-order chi connectivity index (χ1) is 24.0. The summed E-state index contributed by atoms with van der Waals surface area (Å²) in [6.07, 6.45) is 0. The number of phenolic OH excluding ortho intramolecular Hbond substituents is 4. The van der Waals surface area contributed by atoms with Crippen LogP contribution in [0.4, 0.5) is 0 Å². The number of phenols is 4. The van der Waals surface area contributed by atoms with E-state index in [9.17, 15) is 49.2 Å². The van der Waals surface area contributed by atoms with E-state index in [1.54, 1.807) is 0 Å². The molecule has 51 heavy (non-hydrogen) atoms. The third-order valence-electron chi connectivity index (χ3n) is 9.37. The molecule has 0 bridgehead atoms. The van der Waals surface area contributed by atoms with Crippen molar-refractivity contribution in [3.05, 3.63) is 115 Å². The van der Waals surface area contributed by atoms with Crippen molar-refractivity contribution in [1.82, 2.24) is 0 Å². The summed E-state index contributed by atoms with van der Waals surface area (Å²) in [4.78, 5) is 81.5. The van der Waals surface area contributed by atoms with Gasteiger partial charge >= 0.3 is 17.9 Å². The Balaban J connectivity index is 1.77. The van der Waals surface area contributed by atoms with Crippen LogP contribution in [0.1, 0.15) is 110 Å². The average molecular weight is 695 g/mol. The van der Waals surface area contributed by atoms with Gasteiger partial charge in [-0.15, -0.1) is 0 Å². The van der Waals surface area contributed by atoms with Gasteiger partial charge in [0, 0.05) is 38.9 Å². The normalized spacial score (nSPS) is 15.8. The fraction of sp³-hybridized carbons (Fsp3) is 0.211. The predicted octanol–water partition coefficient (Wildman–Crippen LogP) is 4.51. The van der Waals surface area contributed by atoms with E-state index in [1.807, 2.05) is 0 Å². The number of benzene rings is 4. The van der Waals surface area contributed by atoms with Crippen molar-refractivity contribution in [3.8, 4) is 23.0 Å². The van der Waals surface area contributed by atoms with E-state index in [0.717, 1.165) is 26.4 Å². The molecule has 2 aliphatic rings. The Morgan fingerprint density at radius 3 is 1.78 bits per heavy atom. The smallest absolute Gasteiger partial charge is 0.341 e. The second-order valence-corrected chi connectivity index (χ2v) is 12.4. The molecule has 4 aromatic carbocycles. The van der Waals surface area contributed by atoms with Crippen molar-refractivity contribution in [2.75, 3.05) is 14.2 Å². The molecule has 0 fully saturated rings. The number of carbonyl (C=O) groups excluding carboxylic acids is 6. The van der Waals surface area contributed by atoms with Gasteiger partial charge in [-0.2, -0.15) is 0 Å². The first-order valence-electron chi connectivity index (χ1n) is 15.5. The lowest BCUT2D eigenvalue weighted by Crippen LogP contribution is -2.43. The summed E-state index contributed by atoms with van der Waals surface area (Å²) in [6.45, 7) is 5.69. The highest BCUT2D eigenvalue weighted by atomic mass is 16.6. The number of rotatable bonds is 5. The number of ketones is 3. The van der Waals surface area contributed by atoms with Crippen LogP contribution in [-0.2, 0) is 24.6 Å². The Morgan fingerprint density at radius 1 is 0.627 bits per heavy atom. The second-order valence-electron chi connectivity index (χ2n) is 12.4. The van der Waals surface area contributed by atoms with Gasteiger partial charge in [-0.3, -0.25) is 19.2 Å². The minimum atomic E-state index is -2.40. The van der Waals surface area contributed by atoms with E-state index in [0.29, 0.717) is 0 Å². The number of esters is 3. The molecular formula is C38H30O13. The summed E-state index contributed by atoms with van der Waals surface area (Å²) in [5.41, 5.74) is -6.20. The van der Waals surface area contributed by atoms with E-state index in [1.165, 1.54) is 58.0 Å². The first-order valence-corrected chi connectivity index (χ1v) is 15.5. The molecule has 0 heterocycles. The molecule has 260 valence electrons. The molecule has 0 spiro atoms. The molecule has 6 rings (SSSR count). The number of hydrogen-bond donors (Lipinski definition) is 4. The van der Waals surface area contributed by atoms with Gasteiger partial charge in [-0.25, -0.2) is 9.59 Å². The number of ether oxygens (including phenoxy) is 3. The fourth-order valence-corrected chi connectivity index (χ4v) is 6.99. The van der Waals surface area contributed by atoms with Gasteiger partial charge in [0.05, 0.1) is 31.3 Å². The number of carbonyl (C=O) groups is 6. The molecule has 0 aliphatic heterocycles. The van der Waals surface area contributed by atoms with Crippen molar-refractivity contribution in [2.24, 2.45) is 5.92 Å². The average Bonchev–Trinajstić information content (AvgIpc) is 3.07. The molecule has 2 aliphatic carbocycles. The topological polar surface area (TPSA) is 211 Å². The maximum absolute atomic E-state index is 14.4. The van der Waals surface area contributed by atoms with Crippen LogP contribution in [0.5, 0.6) is 23.0 Å². The Hall–Kier alpha value is -6.50. The zero-order chi connectivity index (χ0) is 37.4. The van der Waals surface area contributed by atoms with Gasteiger partial charge in [-0.1, -0.05) is 26.0 Å². The largest absolute Gasteiger partial charge is 0.507 e. The lowest BCUT2D eigenvalue weighted by atomic mass is 9.67. The molecule has 1 atom stereocenters. The number of hydrogen-bond acceptors (Lipinski definition) is 13. The highest BCUT2D eigenvalue weighted by molar-refractivity contribution is 6.30. The van der Waals surface area contributed by atoms with Gasteiger partial charge in [0.2, 0.25) is 0 Å². The van der Waals surface area contributed by atoms with E-state index < -0.39 is 75.3 Å². The second kappa shape index (κ2) is 11.8. The molecule has 13 heteroatoms. The Labute approximate surface area is 289 Å². The van der Waals surface area contributed by atoms with Gasteiger partial charge in [0.15, 0.2) is 23.0 Å². The number of aromatic hydroxyl groups is 4. The van der Waals surface area contributed by atoms with Gasteiger partial charge in [-0.05, 0) is 55.3 Å². The van der Waals surface area contributed by atoms with Crippen molar-refractivity contribution < 1.29 is 63.4 Å². The van der Waals surface area contributed by atoms with Gasteiger partial charge < -0.3 is 34.6 Å². The molecule has 0 saturated carbocycles. The summed E-state index contributed by atoms with van der Waals surface area (Å²) in [5.74, 6) is -8.95. The molecule has 0 radical (unpaired) electrons. The molecule has 0 aromatic heterocycles. The van der Waals surface area contributed by atoms with Crippen molar-refractivity contribution in [3.63, 3.8) is 0 Å². The first kappa shape index (κ1) is 34.4. The summed E-state index contributed by atoms with van der Waals surface area (Å²) >= 11 is 0. The highest BCUT2D eigenvalue weighted by Gasteiger charge is 2.53. The van der Waals surface area contributed by atoms with Crippen LogP contribution in [0.25, 0.3) is 0 Å². The maximum Gasteiger partial charge on any atom is 0.341 e. The fourth-order valence-electron chi connectivity index (χ4n) is 6.99. The van der Waals surface area contributed by atoms with Crippen LogP contribution in [0.3, 0.4) is 0 Å². The monoisotopic (exact) mass is 694 g/mol. The third kappa shape index (κ3) is 4.61. The highest BCUT2D eigenvalue weighted by Crippen LogP contribution is 2.55. The molecular weight excluding hydrogens is 664 g/mol. The maximum atomic E-state index is 14.4. The summed E-state index contributed by atoms with van der Waals surface area (Å²) in [7, 11) is 2.13. The van der Waals surface area contributed by atoms with Crippen LogP contribution in [-0.4, -0.2) is 69.9 Å². The standard InChI is InChI=1S/C38H30O13/c1-14(2)35(46)51-38(19-8-7-9-22(39)30(19)34(45)26-16(4)28(37(48)50-6)24(41)13-21(26)38)20-11-10-17-29(32(20)43)33(44)25-15(3)27(36(47)49-5)23(40)12-18(25)31(17)42/h7-14,39-41,43H,1-6H3/t38-/m1/s1. The van der Waals surface area contributed by atoms with E-state index in [4.69, 9.17) is 14.2 Å². The molecule has 4 aromatic rings. The van der Waals surface area contributed by atoms with Crippen molar-refractivity contribution in [1.29, 1.82) is 0 Å². The summed E-state index contributed by atoms with van der Waals surface area (Å²) in [5, 5.41) is 45.2. The number of methoxy groups -OCH3 is 2. The SMILES string of the molecule is COC(=O)c1c(O)cc2c(c1C)C(=O)c1c(ccc([C@]3(OC(=O)C(C)C)c4cccc(O)c4C(=O)c4c3cc(O)c(C(=O)OC)c4C)c1O)C2=O. The Bertz CT molecular complexity index is 2310. The summed E-state index contributed by atoms with van der Waals surface area (Å²) < 4.78 is 15.8. The van der Waals surface area contributed by atoms with Gasteiger partial charge in [0.1, 0.15) is 34.1 Å². The molecule has 0 unspecified atom stereocenters. The lowest BCUT2D eigenvalue weighted by Gasteiger charge is -2.42. The van der Waals surface area contributed by atoms with Crippen LogP contribution in [0.15, 0.2) is 42.5 Å². The van der Waals surface area contributed by atoms with Crippen LogP contribution in [0, 0.1) is 19.8 Å². The third-order valence-corrected chi connectivity index (χ3v) is 9.37. The Kier molecular flexibility index (Phi) is 7.97. The minimum Gasteiger partial charge on any atom is -0.507 e. The van der Waals surface area contributed by atoms with Gasteiger partial charge in [0.25, 0.3) is 0 Å². The zero-order valence-corrected chi connectivity index (χ0v) is 28.1. The van der Waals surface area contributed by atoms with E-state index in [-0.39, 0.29) is 66.8 Å². The molecule has 0 saturated heterocycles. The van der Waals surface area contributed by atoms with Crippen molar-refractivity contribution in [2.45, 2.75) is 33.3 Å². The predicted molar refractivity (Wildman–Crippen MR) is 176 cm³/mol. The van der Waals surface area contributed by atoms with E-state index in [2.05, 4.69) is 0 Å². The quantitative estimate of drug-likeness (QED) is 0.148. The van der Waals surface area contributed by atoms with E-state index >= 15 is 0 Å². The Morgan fingerprint density at radius 2 is 1.20 bits per heavy atom. The van der Waals surface area contributed by atoms with Crippen LogP contribution >= 0.6 is 0 Å². The molecule has 0 amide bonds. The number of fused-ring (bicyclic) bond motifs is 4. The molecule has 4 N–H and O–H groups in total. The van der Waals surface area contributed by atoms with Crippen molar-refractivity contribution >= 4 is 35.3 Å². The van der Waals surface area contributed by atoms with Crippen LogP contribution in [0.2, 0.25) is 0 Å².